The number of nitrogens with zero attached hydrogens (tertiary/aromatic N) is 1. The number of rotatable bonds is 4. The number of hydrogen-bond acceptors (Lipinski definition) is 4. The number of hydrogen-bond donors (Lipinski definition) is 1. The lowest BCUT2D eigenvalue weighted by atomic mass is 10.1. The Kier molecular flexibility index (Phi) is 3.36. The number of ether oxygens (including phenoxy) is 1. The third kappa shape index (κ3) is 2.69. The molecule has 2 heterocycles. The molecule has 0 amide bonds. The zero-order valence-electron chi connectivity index (χ0n) is 11.3. The molecule has 0 bridgehead atoms. The molecule has 0 spiro atoms. The molecule has 1 aliphatic heterocycles. The van der Waals surface area contributed by atoms with Crippen molar-refractivity contribution in [3.63, 3.8) is 0 Å². The van der Waals surface area contributed by atoms with Gasteiger partial charge in [0.1, 0.15) is 0 Å². The van der Waals surface area contributed by atoms with Gasteiger partial charge in [-0.05, 0) is 17.2 Å². The van der Waals surface area contributed by atoms with Crippen LogP contribution in [0.4, 0.5) is 0 Å². The molecule has 3 rings (SSSR count). The summed E-state index contributed by atoms with van der Waals surface area (Å²) in [5.74, 6) is 1.54. The highest BCUT2D eigenvalue weighted by atomic mass is 16.5. The highest BCUT2D eigenvalue weighted by Crippen LogP contribution is 2.27. The second-order valence-corrected chi connectivity index (χ2v) is 5.13. The average Bonchev–Trinajstić information content (AvgIpc) is 3.04. The van der Waals surface area contributed by atoms with E-state index in [1.54, 1.807) is 6.20 Å². The van der Waals surface area contributed by atoms with Gasteiger partial charge in [0.25, 0.3) is 0 Å². The molecule has 100 valence electrons. The molecule has 4 nitrogen and oxygen atoms in total. The van der Waals surface area contributed by atoms with Crippen LogP contribution in [-0.2, 0) is 24.5 Å². The number of fused-ring (bicyclic) bond motifs is 1. The molecule has 1 aromatic heterocycles. The zero-order chi connectivity index (χ0) is 13.2. The van der Waals surface area contributed by atoms with Crippen molar-refractivity contribution in [1.29, 1.82) is 0 Å². The predicted octanol–water partition coefficient (Wildman–Crippen LogP) is 2.87. The molecule has 0 aliphatic carbocycles. The van der Waals surface area contributed by atoms with E-state index in [9.17, 15) is 0 Å². The summed E-state index contributed by atoms with van der Waals surface area (Å²) in [6.45, 7) is 6.27. The van der Waals surface area contributed by atoms with Gasteiger partial charge in [0.15, 0.2) is 5.76 Å². The second-order valence-electron chi connectivity index (χ2n) is 5.13. The minimum Gasteiger partial charge on any atom is -0.439 e. The fourth-order valence-corrected chi connectivity index (χ4v) is 2.14. The predicted molar refractivity (Wildman–Crippen MR) is 72.4 cm³/mol. The summed E-state index contributed by atoms with van der Waals surface area (Å²) in [6.07, 6.45) is 1.79. The van der Waals surface area contributed by atoms with Gasteiger partial charge in [-0.2, -0.15) is 0 Å². The van der Waals surface area contributed by atoms with Gasteiger partial charge < -0.3 is 14.5 Å². The molecule has 0 atom stereocenters. The molecule has 1 N–H and O–H groups in total. The molecule has 0 fully saturated rings. The summed E-state index contributed by atoms with van der Waals surface area (Å²) >= 11 is 0. The molecule has 1 aromatic carbocycles. The Morgan fingerprint density at radius 2 is 2.11 bits per heavy atom. The summed E-state index contributed by atoms with van der Waals surface area (Å²) in [7, 11) is 0. The first-order chi connectivity index (χ1) is 9.22. The third-order valence-corrected chi connectivity index (χ3v) is 3.22. The Bertz CT molecular complexity index is 575. The molecule has 19 heavy (non-hydrogen) atoms. The maximum atomic E-state index is 5.77. The van der Waals surface area contributed by atoms with E-state index in [-0.39, 0.29) is 0 Å². The van der Waals surface area contributed by atoms with E-state index in [1.165, 1.54) is 11.1 Å². The summed E-state index contributed by atoms with van der Waals surface area (Å²) in [5.41, 5.74) is 3.58. The lowest BCUT2D eigenvalue weighted by Crippen LogP contribution is -2.21. The van der Waals surface area contributed by atoms with E-state index in [4.69, 9.17) is 9.15 Å². The van der Waals surface area contributed by atoms with Crippen LogP contribution >= 0.6 is 0 Å². The highest BCUT2D eigenvalue weighted by molar-refractivity contribution is 5.59. The van der Waals surface area contributed by atoms with Crippen LogP contribution in [0.25, 0.3) is 11.3 Å². The van der Waals surface area contributed by atoms with Crippen molar-refractivity contribution in [1.82, 2.24) is 10.3 Å². The van der Waals surface area contributed by atoms with E-state index in [1.807, 2.05) is 0 Å². The van der Waals surface area contributed by atoms with Gasteiger partial charge in [-0.15, -0.1) is 0 Å². The lowest BCUT2D eigenvalue weighted by Gasteiger charge is -2.04. The van der Waals surface area contributed by atoms with Crippen molar-refractivity contribution in [3.8, 4) is 11.3 Å². The Balaban J connectivity index is 1.79. The molecule has 0 saturated heterocycles. The second kappa shape index (κ2) is 5.15. The van der Waals surface area contributed by atoms with Crippen LogP contribution in [0.3, 0.4) is 0 Å². The van der Waals surface area contributed by atoms with Gasteiger partial charge >= 0.3 is 0 Å². The van der Waals surface area contributed by atoms with Crippen LogP contribution < -0.4 is 5.32 Å². The van der Waals surface area contributed by atoms with Crippen molar-refractivity contribution in [2.75, 3.05) is 0 Å². The maximum absolute atomic E-state index is 5.77. The van der Waals surface area contributed by atoms with E-state index in [2.05, 4.69) is 42.3 Å². The first kappa shape index (κ1) is 12.4. The average molecular weight is 258 g/mol. The molecular weight excluding hydrogens is 240 g/mol. The fraction of sp³-hybridized carbons (Fsp3) is 0.400. The quantitative estimate of drug-likeness (QED) is 0.916. The van der Waals surface area contributed by atoms with E-state index in [0.717, 1.165) is 23.8 Å². The maximum Gasteiger partial charge on any atom is 0.208 e. The van der Waals surface area contributed by atoms with Crippen LogP contribution in [0, 0.1) is 0 Å². The fourth-order valence-electron chi connectivity index (χ4n) is 2.14. The van der Waals surface area contributed by atoms with E-state index >= 15 is 0 Å². The molecular formula is C15H18N2O2. The largest absolute Gasteiger partial charge is 0.439 e. The highest BCUT2D eigenvalue weighted by Gasteiger charge is 2.13. The van der Waals surface area contributed by atoms with Gasteiger partial charge in [-0.3, -0.25) is 0 Å². The topological polar surface area (TPSA) is 47.3 Å². The first-order valence-electron chi connectivity index (χ1n) is 6.60. The molecule has 0 radical (unpaired) electrons. The zero-order valence-corrected chi connectivity index (χ0v) is 11.3. The molecule has 0 saturated carbocycles. The van der Waals surface area contributed by atoms with Crippen molar-refractivity contribution in [2.24, 2.45) is 0 Å². The Hall–Kier alpha value is -1.65. The summed E-state index contributed by atoms with van der Waals surface area (Å²) in [6, 6.07) is 6.72. The minimum atomic E-state index is 0.424. The van der Waals surface area contributed by atoms with Gasteiger partial charge in [0.05, 0.1) is 26.0 Å². The Labute approximate surface area is 112 Å². The smallest absolute Gasteiger partial charge is 0.208 e. The SMILES string of the molecule is CC(C)NCc1ncc(-c2ccc3c(c2)COC3)o1. The molecule has 4 heteroatoms. The Morgan fingerprint density at radius 3 is 2.95 bits per heavy atom. The first-order valence-corrected chi connectivity index (χ1v) is 6.60. The number of aromatic nitrogens is 1. The van der Waals surface area contributed by atoms with Gasteiger partial charge in [-0.1, -0.05) is 26.0 Å². The van der Waals surface area contributed by atoms with E-state index in [0.29, 0.717) is 19.2 Å². The van der Waals surface area contributed by atoms with Crippen molar-refractivity contribution < 1.29 is 9.15 Å². The number of benzene rings is 1. The molecule has 0 unspecified atom stereocenters. The summed E-state index contributed by atoms with van der Waals surface area (Å²) in [5, 5.41) is 3.29. The normalized spacial score (nSPS) is 14.1. The standard InChI is InChI=1S/C15H18N2O2/c1-10(2)16-7-15-17-6-14(19-15)11-3-4-12-8-18-9-13(12)5-11/h3-6,10,16H,7-9H2,1-2H3. The lowest BCUT2D eigenvalue weighted by molar-refractivity contribution is 0.134. The van der Waals surface area contributed by atoms with Crippen LogP contribution in [-0.4, -0.2) is 11.0 Å². The number of nitrogens with one attached hydrogen (secondary N) is 1. The number of oxazole rings is 1. The Morgan fingerprint density at radius 1 is 1.26 bits per heavy atom. The summed E-state index contributed by atoms with van der Waals surface area (Å²) in [4.78, 5) is 4.30. The van der Waals surface area contributed by atoms with Crippen LogP contribution in [0.2, 0.25) is 0 Å². The van der Waals surface area contributed by atoms with Crippen LogP contribution in [0.1, 0.15) is 30.9 Å². The summed E-state index contributed by atoms with van der Waals surface area (Å²) < 4.78 is 11.2. The van der Waals surface area contributed by atoms with Crippen molar-refractivity contribution in [3.05, 3.63) is 41.4 Å². The van der Waals surface area contributed by atoms with Crippen LogP contribution in [0.15, 0.2) is 28.8 Å². The van der Waals surface area contributed by atoms with Crippen LogP contribution in [0.5, 0.6) is 0 Å². The monoisotopic (exact) mass is 258 g/mol. The van der Waals surface area contributed by atoms with Gasteiger partial charge in [-0.25, -0.2) is 4.98 Å². The minimum absolute atomic E-state index is 0.424. The third-order valence-electron chi connectivity index (χ3n) is 3.22. The van der Waals surface area contributed by atoms with Crippen molar-refractivity contribution >= 4 is 0 Å². The molecule has 2 aromatic rings. The van der Waals surface area contributed by atoms with Crippen molar-refractivity contribution in [2.45, 2.75) is 39.6 Å². The van der Waals surface area contributed by atoms with Gasteiger partial charge in [0.2, 0.25) is 5.89 Å². The van der Waals surface area contributed by atoms with Gasteiger partial charge in [0, 0.05) is 11.6 Å². The van der Waals surface area contributed by atoms with E-state index < -0.39 is 0 Å². The molecule has 1 aliphatic rings.